The van der Waals surface area contributed by atoms with E-state index in [1.807, 2.05) is 19.2 Å². The van der Waals surface area contributed by atoms with Crippen molar-refractivity contribution in [2.75, 3.05) is 18.1 Å². The van der Waals surface area contributed by atoms with Gasteiger partial charge in [-0.15, -0.1) is 0 Å². The van der Waals surface area contributed by atoms with Crippen LogP contribution in [0.15, 0.2) is 43.2 Å². The molecule has 6 nitrogen and oxygen atoms in total. The number of rotatable bonds is 1. The normalized spacial score (nSPS) is 20.4. The van der Waals surface area contributed by atoms with Crippen molar-refractivity contribution >= 4 is 17.2 Å². The smallest absolute Gasteiger partial charge is 0.166 e. The lowest BCUT2D eigenvalue weighted by atomic mass is 10.0. The first-order valence-electron chi connectivity index (χ1n) is 10.0. The molecule has 5 rings (SSSR count). The van der Waals surface area contributed by atoms with Crippen molar-refractivity contribution in [3.63, 3.8) is 0 Å². The first-order chi connectivity index (χ1) is 14.0. The Morgan fingerprint density at radius 3 is 2.93 bits per heavy atom. The summed E-state index contributed by atoms with van der Waals surface area (Å²) in [4.78, 5) is 7.18. The maximum atomic E-state index is 14.2. The van der Waals surface area contributed by atoms with E-state index in [4.69, 9.17) is 9.72 Å². The minimum Gasteiger partial charge on any atom is -0.491 e. The van der Waals surface area contributed by atoms with Gasteiger partial charge in [0.15, 0.2) is 5.65 Å². The average molecular weight is 393 g/mol. The Morgan fingerprint density at radius 1 is 1.34 bits per heavy atom. The number of nitrogens with zero attached hydrogens (tertiary/aromatic N) is 4. The molecule has 3 heterocycles. The number of ether oxygens (including phenoxy) is 1. The van der Waals surface area contributed by atoms with Crippen LogP contribution in [0.1, 0.15) is 37.8 Å². The summed E-state index contributed by atoms with van der Waals surface area (Å²) in [6, 6.07) is 6.79. The van der Waals surface area contributed by atoms with Crippen LogP contribution in [0.2, 0.25) is 0 Å². The van der Waals surface area contributed by atoms with E-state index in [-0.39, 0.29) is 17.4 Å². The second-order valence-electron chi connectivity index (χ2n) is 7.86. The van der Waals surface area contributed by atoms with E-state index in [2.05, 4.69) is 28.8 Å². The van der Waals surface area contributed by atoms with Crippen molar-refractivity contribution in [1.82, 2.24) is 19.9 Å². The first-order valence-corrected chi connectivity index (χ1v) is 10.0. The average Bonchev–Trinajstić information content (AvgIpc) is 3.38. The van der Waals surface area contributed by atoms with Crippen LogP contribution in [0.5, 0.6) is 5.75 Å². The monoisotopic (exact) mass is 393 g/mol. The zero-order valence-electron chi connectivity index (χ0n) is 16.7. The van der Waals surface area contributed by atoms with Gasteiger partial charge in [0.2, 0.25) is 0 Å². The van der Waals surface area contributed by atoms with Gasteiger partial charge in [0.25, 0.3) is 0 Å². The van der Waals surface area contributed by atoms with E-state index in [0.29, 0.717) is 6.61 Å². The molecule has 1 N–H and O–H groups in total. The third kappa shape index (κ3) is 2.84. The number of fused-ring (bicyclic) bond motifs is 3. The summed E-state index contributed by atoms with van der Waals surface area (Å²) < 4.78 is 22.2. The van der Waals surface area contributed by atoms with Crippen molar-refractivity contribution in [2.24, 2.45) is 0 Å². The Labute approximate surface area is 169 Å². The van der Waals surface area contributed by atoms with Crippen LogP contribution in [-0.4, -0.2) is 33.8 Å². The molecule has 2 bridgehead atoms. The molecule has 1 atom stereocenters. The van der Waals surface area contributed by atoms with Gasteiger partial charge >= 0.3 is 0 Å². The molecule has 2 aliphatic rings. The zero-order valence-corrected chi connectivity index (χ0v) is 16.7. The molecule has 150 valence electrons. The summed E-state index contributed by atoms with van der Waals surface area (Å²) in [7, 11) is 0. The van der Waals surface area contributed by atoms with Gasteiger partial charge in [-0.05, 0) is 51.0 Å². The van der Waals surface area contributed by atoms with Crippen molar-refractivity contribution < 1.29 is 9.13 Å². The zero-order chi connectivity index (χ0) is 20.2. The topological polar surface area (TPSA) is 54.7 Å². The van der Waals surface area contributed by atoms with E-state index in [1.54, 1.807) is 22.8 Å². The highest BCUT2D eigenvalue weighted by atomic mass is 19.1. The third-order valence-corrected chi connectivity index (χ3v) is 5.87. The van der Waals surface area contributed by atoms with E-state index in [9.17, 15) is 4.39 Å². The summed E-state index contributed by atoms with van der Waals surface area (Å²) >= 11 is 0. The highest BCUT2D eigenvalue weighted by Crippen LogP contribution is 2.55. The lowest BCUT2D eigenvalue weighted by Crippen LogP contribution is -2.36. The lowest BCUT2D eigenvalue weighted by Gasteiger charge is -2.33. The van der Waals surface area contributed by atoms with Crippen LogP contribution >= 0.6 is 0 Å². The van der Waals surface area contributed by atoms with E-state index in [1.165, 1.54) is 6.07 Å². The summed E-state index contributed by atoms with van der Waals surface area (Å²) in [5, 5.41) is 7.79. The Hall–Kier alpha value is -3.09. The number of nitrogens with one attached hydrogen (secondary N) is 1. The van der Waals surface area contributed by atoms with Gasteiger partial charge in [-0.1, -0.05) is 6.58 Å². The maximum absolute atomic E-state index is 14.2. The molecule has 1 spiro atoms. The lowest BCUT2D eigenvalue weighted by molar-refractivity contribution is 0.279. The number of hydrogen-bond acceptors (Lipinski definition) is 5. The van der Waals surface area contributed by atoms with Crippen LogP contribution in [0.4, 0.5) is 10.2 Å². The summed E-state index contributed by atoms with van der Waals surface area (Å²) in [5.41, 5.74) is 2.95. The van der Waals surface area contributed by atoms with E-state index < -0.39 is 0 Å². The van der Waals surface area contributed by atoms with Gasteiger partial charge in [-0.2, -0.15) is 5.10 Å². The van der Waals surface area contributed by atoms with Crippen LogP contribution in [-0.2, 0) is 5.54 Å². The van der Waals surface area contributed by atoms with Crippen LogP contribution in [0, 0.1) is 5.82 Å². The summed E-state index contributed by atoms with van der Waals surface area (Å²) in [6.07, 6.45) is 5.56. The highest BCUT2D eigenvalue weighted by Gasteiger charge is 2.51. The Bertz CT molecular complexity index is 1100. The Morgan fingerprint density at radius 2 is 2.17 bits per heavy atom. The molecular weight excluding hydrogens is 369 g/mol. The molecule has 1 aliphatic carbocycles. The number of anilines is 1. The fraction of sp³-hybridized carbons (Fsp3) is 0.364. The van der Waals surface area contributed by atoms with Gasteiger partial charge in [0.1, 0.15) is 24.0 Å². The SMILES string of the molecule is C=C1N[C@H](C)COc2ccc(F)cc2C2(CC2)N(CC)c2ccn3ncc1c3n2. The minimum absolute atomic E-state index is 0.0109. The molecule has 3 aromatic rings. The largest absolute Gasteiger partial charge is 0.491 e. The highest BCUT2D eigenvalue weighted by molar-refractivity contribution is 5.74. The predicted octanol–water partition coefficient (Wildman–Crippen LogP) is 3.73. The van der Waals surface area contributed by atoms with Crippen molar-refractivity contribution in [3.05, 3.63) is 60.2 Å². The van der Waals surface area contributed by atoms with Gasteiger partial charge < -0.3 is 15.0 Å². The fourth-order valence-electron chi connectivity index (χ4n) is 4.33. The number of aromatic nitrogens is 3. The Kier molecular flexibility index (Phi) is 4.01. The van der Waals surface area contributed by atoms with Crippen molar-refractivity contribution in [2.45, 2.75) is 38.3 Å². The van der Waals surface area contributed by atoms with Crippen LogP contribution < -0.4 is 15.0 Å². The standard InChI is InChI=1S/C22H24FN5O/c1-4-27-20-7-10-28-21(26-20)17(12-24-28)15(3)25-14(2)13-29-19-6-5-16(23)11-18(19)22(27)8-9-22/h5-7,10-12,14,25H,3-4,8-9,13H2,1-2H3/t14-/m1/s1. The van der Waals surface area contributed by atoms with Crippen LogP contribution in [0.25, 0.3) is 11.3 Å². The quantitative estimate of drug-likeness (QED) is 0.683. The molecule has 2 aromatic heterocycles. The molecule has 29 heavy (non-hydrogen) atoms. The molecule has 1 saturated carbocycles. The van der Waals surface area contributed by atoms with E-state index in [0.717, 1.165) is 53.4 Å². The third-order valence-electron chi connectivity index (χ3n) is 5.87. The maximum Gasteiger partial charge on any atom is 0.166 e. The number of hydrogen-bond donors (Lipinski definition) is 1. The van der Waals surface area contributed by atoms with Crippen molar-refractivity contribution in [3.8, 4) is 5.75 Å². The molecule has 0 amide bonds. The minimum atomic E-state index is -0.306. The van der Waals surface area contributed by atoms with Crippen molar-refractivity contribution in [1.29, 1.82) is 0 Å². The summed E-state index contributed by atoms with van der Waals surface area (Å²) in [5.74, 6) is 1.32. The molecule has 1 aliphatic heterocycles. The van der Waals surface area contributed by atoms with Gasteiger partial charge in [0.05, 0.1) is 23.3 Å². The second kappa shape index (κ2) is 6.47. The molecule has 0 unspecified atom stereocenters. The fourth-order valence-corrected chi connectivity index (χ4v) is 4.33. The molecule has 1 fully saturated rings. The number of benzene rings is 1. The first kappa shape index (κ1) is 18.0. The van der Waals surface area contributed by atoms with Gasteiger partial charge in [-0.25, -0.2) is 13.9 Å². The second-order valence-corrected chi connectivity index (χ2v) is 7.86. The molecular formula is C22H24FN5O. The van der Waals surface area contributed by atoms with E-state index >= 15 is 0 Å². The Balaban J connectivity index is 1.72. The molecule has 0 radical (unpaired) electrons. The molecule has 7 heteroatoms. The van der Waals surface area contributed by atoms with Gasteiger partial charge in [-0.3, -0.25) is 0 Å². The van der Waals surface area contributed by atoms with Gasteiger partial charge in [0, 0.05) is 24.0 Å². The predicted molar refractivity (Wildman–Crippen MR) is 110 cm³/mol. The molecule has 1 aromatic carbocycles. The van der Waals surface area contributed by atoms with Crippen LogP contribution in [0.3, 0.4) is 0 Å². The summed E-state index contributed by atoms with van der Waals surface area (Å²) in [6.45, 7) is 9.50. The number of halogens is 1. The molecule has 0 saturated heterocycles.